The summed E-state index contributed by atoms with van der Waals surface area (Å²) in [5.41, 5.74) is 6.10. The van der Waals surface area contributed by atoms with Crippen LogP contribution in [0.3, 0.4) is 0 Å². The minimum Gasteiger partial charge on any atom is -1.00 e. The Labute approximate surface area is 75.0 Å². The number of thiazole rings is 1. The number of nitrogen functional groups attached to an aromatic ring is 1. The molecule has 2 N–H and O–H groups in total. The minimum absolute atomic E-state index is 0. The molecule has 62 valence electrons. The van der Waals surface area contributed by atoms with Crippen LogP contribution in [-0.4, -0.2) is 10.8 Å². The lowest BCUT2D eigenvalue weighted by Gasteiger charge is -1.85. The molecule has 1 rings (SSSR count). The molecule has 0 bridgehead atoms. The summed E-state index contributed by atoms with van der Waals surface area (Å²) in [6.45, 7) is 3.30. The monoisotopic (exact) mass is 191 g/mol. The molecule has 0 atom stereocenters. The third-order valence-electron chi connectivity index (χ3n) is 1.13. The zero-order valence-corrected chi connectivity index (χ0v) is 7.79. The summed E-state index contributed by atoms with van der Waals surface area (Å²) in [6.07, 6.45) is 0. The first-order chi connectivity index (χ1) is 4.61. The van der Waals surface area contributed by atoms with Crippen LogP contribution in [0.2, 0.25) is 0 Å². The Morgan fingerprint density at radius 3 is 2.36 bits per heavy atom. The summed E-state index contributed by atoms with van der Waals surface area (Å²) in [5, 5.41) is 0.461. The Bertz CT molecular complexity index is 272. The number of halogens is 1. The van der Waals surface area contributed by atoms with E-state index in [2.05, 4.69) is 4.98 Å². The largest absolute Gasteiger partial charge is 1.00 e. The Balaban J connectivity index is 0.000001000. The summed E-state index contributed by atoms with van der Waals surface area (Å²) in [6, 6.07) is 0. The average Bonchev–Trinajstić information content (AvgIpc) is 2.10. The molecular formula is C6H8ClN2OS-. The van der Waals surface area contributed by atoms with Gasteiger partial charge in [0.1, 0.15) is 0 Å². The van der Waals surface area contributed by atoms with Gasteiger partial charge in [0.25, 0.3) is 0 Å². The van der Waals surface area contributed by atoms with Crippen LogP contribution in [0.1, 0.15) is 22.3 Å². The van der Waals surface area contributed by atoms with Gasteiger partial charge in [-0.2, -0.15) is 0 Å². The van der Waals surface area contributed by atoms with E-state index >= 15 is 0 Å². The molecule has 0 aliphatic rings. The lowest BCUT2D eigenvalue weighted by molar-refractivity contribution is -0.0000104. The molecule has 0 unspecified atom stereocenters. The SMILES string of the molecule is CC(=O)c1sc(N)nc1C.[Cl-]. The Kier molecular flexibility index (Phi) is 3.48. The van der Waals surface area contributed by atoms with Gasteiger partial charge in [0, 0.05) is 6.92 Å². The topological polar surface area (TPSA) is 56.0 Å². The predicted octanol–water partition coefficient (Wildman–Crippen LogP) is -1.76. The molecular weight excluding hydrogens is 184 g/mol. The summed E-state index contributed by atoms with van der Waals surface area (Å²) in [5.74, 6) is 0.0340. The van der Waals surface area contributed by atoms with Crippen molar-refractivity contribution >= 4 is 22.3 Å². The van der Waals surface area contributed by atoms with E-state index in [1.807, 2.05) is 0 Å². The number of ketones is 1. The first kappa shape index (κ1) is 10.4. The van der Waals surface area contributed by atoms with Crippen molar-refractivity contribution in [1.29, 1.82) is 0 Å². The minimum atomic E-state index is 0. The van der Waals surface area contributed by atoms with E-state index in [9.17, 15) is 4.79 Å². The number of anilines is 1. The lowest BCUT2D eigenvalue weighted by atomic mass is 10.3. The highest BCUT2D eigenvalue weighted by Crippen LogP contribution is 2.19. The first-order valence-electron chi connectivity index (χ1n) is 2.85. The predicted molar refractivity (Wildman–Crippen MR) is 41.3 cm³/mol. The van der Waals surface area contributed by atoms with Gasteiger partial charge in [-0.1, -0.05) is 11.3 Å². The van der Waals surface area contributed by atoms with Crippen molar-refractivity contribution < 1.29 is 17.2 Å². The van der Waals surface area contributed by atoms with Crippen molar-refractivity contribution in [1.82, 2.24) is 4.98 Å². The third-order valence-corrected chi connectivity index (χ3v) is 2.22. The van der Waals surface area contributed by atoms with E-state index in [-0.39, 0.29) is 18.2 Å². The summed E-state index contributed by atoms with van der Waals surface area (Å²) >= 11 is 1.24. The van der Waals surface area contributed by atoms with Gasteiger partial charge < -0.3 is 18.1 Å². The van der Waals surface area contributed by atoms with Gasteiger partial charge in [0.05, 0.1) is 10.6 Å². The lowest BCUT2D eigenvalue weighted by Crippen LogP contribution is -3.00. The normalized spacial score (nSPS) is 8.91. The van der Waals surface area contributed by atoms with Crippen LogP contribution >= 0.6 is 11.3 Å². The van der Waals surface area contributed by atoms with E-state index in [0.717, 1.165) is 5.69 Å². The van der Waals surface area contributed by atoms with Crippen molar-refractivity contribution in [2.75, 3.05) is 5.73 Å². The van der Waals surface area contributed by atoms with Crippen LogP contribution in [0.5, 0.6) is 0 Å². The number of aryl methyl sites for hydroxylation is 1. The maximum absolute atomic E-state index is 10.8. The fourth-order valence-corrected chi connectivity index (χ4v) is 1.47. The summed E-state index contributed by atoms with van der Waals surface area (Å²) < 4.78 is 0. The van der Waals surface area contributed by atoms with E-state index in [0.29, 0.717) is 10.0 Å². The highest BCUT2D eigenvalue weighted by molar-refractivity contribution is 7.17. The van der Waals surface area contributed by atoms with Gasteiger partial charge in [0.15, 0.2) is 10.9 Å². The van der Waals surface area contributed by atoms with Crippen molar-refractivity contribution in [3.8, 4) is 0 Å². The number of aromatic nitrogens is 1. The summed E-state index contributed by atoms with van der Waals surface area (Å²) in [4.78, 5) is 15.4. The van der Waals surface area contributed by atoms with Crippen molar-refractivity contribution in [2.45, 2.75) is 13.8 Å². The summed E-state index contributed by atoms with van der Waals surface area (Å²) in [7, 11) is 0. The molecule has 1 heterocycles. The van der Waals surface area contributed by atoms with Crippen LogP contribution in [-0.2, 0) is 0 Å². The fourth-order valence-electron chi connectivity index (χ4n) is 0.744. The van der Waals surface area contributed by atoms with Crippen LogP contribution in [0.4, 0.5) is 5.13 Å². The molecule has 0 radical (unpaired) electrons. The zero-order valence-electron chi connectivity index (χ0n) is 6.22. The second kappa shape index (κ2) is 3.69. The molecule has 0 aliphatic heterocycles. The maximum Gasteiger partial charge on any atom is 0.180 e. The molecule has 0 saturated heterocycles. The zero-order chi connectivity index (χ0) is 7.72. The van der Waals surface area contributed by atoms with E-state index in [1.165, 1.54) is 18.3 Å². The molecule has 0 aromatic carbocycles. The fraction of sp³-hybridized carbons (Fsp3) is 0.333. The van der Waals surface area contributed by atoms with Crippen LogP contribution in [0, 0.1) is 6.92 Å². The van der Waals surface area contributed by atoms with E-state index < -0.39 is 0 Å². The molecule has 0 amide bonds. The number of rotatable bonds is 1. The Hall–Kier alpha value is -0.610. The molecule has 1 aromatic heterocycles. The van der Waals surface area contributed by atoms with Crippen molar-refractivity contribution in [2.24, 2.45) is 0 Å². The first-order valence-corrected chi connectivity index (χ1v) is 3.66. The highest BCUT2D eigenvalue weighted by Gasteiger charge is 2.08. The number of hydrogen-bond acceptors (Lipinski definition) is 4. The molecule has 3 nitrogen and oxygen atoms in total. The quantitative estimate of drug-likeness (QED) is 0.536. The number of nitrogens with two attached hydrogens (primary N) is 1. The van der Waals surface area contributed by atoms with Gasteiger partial charge >= 0.3 is 0 Å². The van der Waals surface area contributed by atoms with Crippen molar-refractivity contribution in [3.63, 3.8) is 0 Å². The Morgan fingerprint density at radius 1 is 1.64 bits per heavy atom. The standard InChI is InChI=1S/C6H8N2OS.ClH/c1-3-5(4(2)9)10-6(7)8-3;/h1-2H3,(H2,7,8);1H/p-1. The third kappa shape index (κ3) is 2.17. The van der Waals surface area contributed by atoms with Gasteiger partial charge in [-0.25, -0.2) is 4.98 Å². The number of nitrogens with zero attached hydrogens (tertiary/aromatic N) is 1. The van der Waals surface area contributed by atoms with Gasteiger partial charge in [-0.15, -0.1) is 0 Å². The number of carbonyl (C=O) groups is 1. The molecule has 5 heteroatoms. The second-order valence-corrected chi connectivity index (χ2v) is 3.05. The number of hydrogen-bond donors (Lipinski definition) is 1. The smallest absolute Gasteiger partial charge is 0.180 e. The molecule has 0 spiro atoms. The molecule has 0 aliphatic carbocycles. The van der Waals surface area contributed by atoms with Gasteiger partial charge in [-0.3, -0.25) is 4.79 Å². The number of Topliss-reactive ketones (excluding diaryl/α,β-unsaturated/α-hetero) is 1. The van der Waals surface area contributed by atoms with E-state index in [4.69, 9.17) is 5.73 Å². The van der Waals surface area contributed by atoms with Crippen molar-refractivity contribution in [3.05, 3.63) is 10.6 Å². The van der Waals surface area contributed by atoms with Gasteiger partial charge in [-0.05, 0) is 6.92 Å². The number of carbonyl (C=O) groups excluding carboxylic acids is 1. The molecule has 11 heavy (non-hydrogen) atoms. The van der Waals surface area contributed by atoms with E-state index in [1.54, 1.807) is 6.92 Å². The maximum atomic E-state index is 10.8. The van der Waals surface area contributed by atoms with Crippen LogP contribution in [0.25, 0.3) is 0 Å². The van der Waals surface area contributed by atoms with Gasteiger partial charge in [0.2, 0.25) is 0 Å². The molecule has 0 fully saturated rings. The second-order valence-electron chi connectivity index (χ2n) is 2.02. The average molecular weight is 192 g/mol. The Morgan fingerprint density at radius 2 is 2.18 bits per heavy atom. The molecule has 1 aromatic rings. The van der Waals surface area contributed by atoms with Crippen LogP contribution in [0.15, 0.2) is 0 Å². The van der Waals surface area contributed by atoms with Crippen LogP contribution < -0.4 is 18.1 Å². The molecule has 0 saturated carbocycles. The highest BCUT2D eigenvalue weighted by atomic mass is 35.5.